The van der Waals surface area contributed by atoms with Crippen LogP contribution in [-0.4, -0.2) is 5.11 Å². The molecular formula is C18H16ClNO. The van der Waals surface area contributed by atoms with Crippen LogP contribution < -0.4 is 5.32 Å². The third-order valence-corrected chi connectivity index (χ3v) is 3.91. The van der Waals surface area contributed by atoms with Gasteiger partial charge in [-0.05, 0) is 47.5 Å². The molecule has 0 heterocycles. The van der Waals surface area contributed by atoms with E-state index in [0.29, 0.717) is 5.02 Å². The molecule has 3 rings (SSSR count). The van der Waals surface area contributed by atoms with E-state index < -0.39 is 0 Å². The average Bonchev–Trinajstić information content (AvgIpc) is 2.50. The highest BCUT2D eigenvalue weighted by Crippen LogP contribution is 2.29. The minimum atomic E-state index is 0.0978. The number of halogens is 1. The molecule has 0 aliphatic heterocycles. The van der Waals surface area contributed by atoms with Gasteiger partial charge in [0, 0.05) is 11.7 Å². The second kappa shape index (κ2) is 5.66. The monoisotopic (exact) mass is 297 g/mol. The van der Waals surface area contributed by atoms with E-state index in [1.165, 1.54) is 16.3 Å². The van der Waals surface area contributed by atoms with E-state index in [4.69, 9.17) is 11.6 Å². The minimum Gasteiger partial charge on any atom is -0.506 e. The minimum absolute atomic E-state index is 0.0978. The fraction of sp³-hybridized carbons (Fsp3) is 0.111. The van der Waals surface area contributed by atoms with Crippen LogP contribution in [0.2, 0.25) is 5.02 Å². The molecule has 0 saturated heterocycles. The Kier molecular flexibility index (Phi) is 3.72. The molecular weight excluding hydrogens is 282 g/mol. The number of fused-ring (bicyclic) bond motifs is 1. The lowest BCUT2D eigenvalue weighted by atomic mass is 10.0. The highest BCUT2D eigenvalue weighted by molar-refractivity contribution is 6.32. The van der Waals surface area contributed by atoms with Crippen molar-refractivity contribution in [3.05, 3.63) is 71.2 Å². The SMILES string of the molecule is CC(Nc1ccc(O)c(Cl)c1)c1ccc2ccccc2c1. The first-order chi connectivity index (χ1) is 10.1. The molecule has 1 atom stereocenters. The Morgan fingerprint density at radius 2 is 1.71 bits per heavy atom. The fourth-order valence-corrected chi connectivity index (χ4v) is 2.59. The lowest BCUT2D eigenvalue weighted by Crippen LogP contribution is -2.06. The van der Waals surface area contributed by atoms with E-state index >= 15 is 0 Å². The van der Waals surface area contributed by atoms with Crippen LogP contribution in [0, 0.1) is 0 Å². The first-order valence-corrected chi connectivity index (χ1v) is 7.25. The second-order valence-corrected chi connectivity index (χ2v) is 5.55. The zero-order valence-electron chi connectivity index (χ0n) is 11.7. The van der Waals surface area contributed by atoms with Crippen LogP contribution >= 0.6 is 11.6 Å². The maximum atomic E-state index is 9.45. The molecule has 2 N–H and O–H groups in total. The summed E-state index contributed by atoms with van der Waals surface area (Å²) in [7, 11) is 0. The molecule has 0 amide bonds. The molecule has 0 radical (unpaired) electrons. The van der Waals surface area contributed by atoms with Gasteiger partial charge in [-0.2, -0.15) is 0 Å². The summed E-state index contributed by atoms with van der Waals surface area (Å²) in [5.41, 5.74) is 2.09. The number of hydrogen-bond donors (Lipinski definition) is 2. The molecule has 0 saturated carbocycles. The Balaban J connectivity index is 1.85. The maximum absolute atomic E-state index is 9.45. The standard InChI is InChI=1S/C18H16ClNO/c1-12(20-16-8-9-18(21)17(19)11-16)14-7-6-13-4-2-3-5-15(13)10-14/h2-12,20-21H,1H3. The van der Waals surface area contributed by atoms with Crippen molar-refractivity contribution in [3.63, 3.8) is 0 Å². The molecule has 3 aromatic rings. The molecule has 0 fully saturated rings. The zero-order chi connectivity index (χ0) is 14.8. The Morgan fingerprint density at radius 3 is 2.48 bits per heavy atom. The Morgan fingerprint density at radius 1 is 0.952 bits per heavy atom. The van der Waals surface area contributed by atoms with Crippen LogP contribution in [0.25, 0.3) is 10.8 Å². The maximum Gasteiger partial charge on any atom is 0.134 e. The van der Waals surface area contributed by atoms with Crippen LogP contribution in [-0.2, 0) is 0 Å². The summed E-state index contributed by atoms with van der Waals surface area (Å²) in [6, 6.07) is 20.1. The van der Waals surface area contributed by atoms with Gasteiger partial charge in [0.1, 0.15) is 5.75 Å². The molecule has 0 bridgehead atoms. The second-order valence-electron chi connectivity index (χ2n) is 5.14. The van der Waals surface area contributed by atoms with E-state index in [2.05, 4.69) is 42.6 Å². The number of phenolic OH excluding ortho intramolecular Hbond substituents is 1. The number of benzene rings is 3. The average molecular weight is 298 g/mol. The zero-order valence-corrected chi connectivity index (χ0v) is 12.4. The first-order valence-electron chi connectivity index (χ1n) is 6.87. The van der Waals surface area contributed by atoms with Crippen LogP contribution in [0.4, 0.5) is 5.69 Å². The summed E-state index contributed by atoms with van der Waals surface area (Å²) < 4.78 is 0. The summed E-state index contributed by atoms with van der Waals surface area (Å²) in [5.74, 6) is 0.0978. The lowest BCUT2D eigenvalue weighted by Gasteiger charge is -2.17. The third-order valence-electron chi connectivity index (χ3n) is 3.60. The van der Waals surface area contributed by atoms with E-state index in [-0.39, 0.29) is 11.8 Å². The van der Waals surface area contributed by atoms with Gasteiger partial charge in [-0.3, -0.25) is 0 Å². The molecule has 1 unspecified atom stereocenters. The number of anilines is 1. The Hall–Kier alpha value is -2.19. The van der Waals surface area contributed by atoms with Crippen LogP contribution in [0.5, 0.6) is 5.75 Å². The third kappa shape index (κ3) is 2.96. The predicted molar refractivity (Wildman–Crippen MR) is 89.1 cm³/mol. The number of nitrogens with one attached hydrogen (secondary N) is 1. The van der Waals surface area contributed by atoms with Gasteiger partial charge in [0.2, 0.25) is 0 Å². The number of aromatic hydroxyl groups is 1. The normalized spacial score (nSPS) is 12.3. The van der Waals surface area contributed by atoms with Gasteiger partial charge in [-0.25, -0.2) is 0 Å². The van der Waals surface area contributed by atoms with Gasteiger partial charge in [-0.1, -0.05) is 48.0 Å². The molecule has 3 aromatic carbocycles. The first kappa shape index (κ1) is 13.8. The molecule has 0 spiro atoms. The van der Waals surface area contributed by atoms with Crippen LogP contribution in [0.3, 0.4) is 0 Å². The van der Waals surface area contributed by atoms with Crippen molar-refractivity contribution in [3.8, 4) is 5.75 Å². The van der Waals surface area contributed by atoms with E-state index in [1.807, 2.05) is 18.2 Å². The van der Waals surface area contributed by atoms with Crippen molar-refractivity contribution >= 4 is 28.1 Å². The summed E-state index contributed by atoms with van der Waals surface area (Å²) in [6.45, 7) is 2.10. The quantitative estimate of drug-likeness (QED) is 0.637. The smallest absolute Gasteiger partial charge is 0.134 e. The topological polar surface area (TPSA) is 32.3 Å². The molecule has 106 valence electrons. The number of rotatable bonds is 3. The number of phenols is 1. The van der Waals surface area contributed by atoms with Crippen molar-refractivity contribution < 1.29 is 5.11 Å². The summed E-state index contributed by atoms with van der Waals surface area (Å²) in [5, 5.41) is 15.7. The van der Waals surface area contributed by atoms with E-state index in [0.717, 1.165) is 5.69 Å². The highest BCUT2D eigenvalue weighted by Gasteiger charge is 2.07. The largest absolute Gasteiger partial charge is 0.506 e. The van der Waals surface area contributed by atoms with Gasteiger partial charge in [0.25, 0.3) is 0 Å². The van der Waals surface area contributed by atoms with Crippen LogP contribution in [0.15, 0.2) is 60.7 Å². The molecule has 2 nitrogen and oxygen atoms in total. The van der Waals surface area contributed by atoms with Crippen LogP contribution in [0.1, 0.15) is 18.5 Å². The Bertz CT molecular complexity index is 785. The molecule has 3 heteroatoms. The van der Waals surface area contributed by atoms with Crippen molar-refractivity contribution in [2.24, 2.45) is 0 Å². The van der Waals surface area contributed by atoms with E-state index in [9.17, 15) is 5.11 Å². The van der Waals surface area contributed by atoms with Gasteiger partial charge in [-0.15, -0.1) is 0 Å². The Labute approximate surface area is 129 Å². The number of hydrogen-bond acceptors (Lipinski definition) is 2. The van der Waals surface area contributed by atoms with Gasteiger partial charge >= 0.3 is 0 Å². The highest BCUT2D eigenvalue weighted by atomic mass is 35.5. The van der Waals surface area contributed by atoms with Gasteiger partial charge in [0.05, 0.1) is 5.02 Å². The van der Waals surface area contributed by atoms with Crippen molar-refractivity contribution in [1.29, 1.82) is 0 Å². The fourth-order valence-electron chi connectivity index (χ4n) is 2.41. The van der Waals surface area contributed by atoms with Crippen molar-refractivity contribution in [2.75, 3.05) is 5.32 Å². The molecule has 0 aliphatic rings. The van der Waals surface area contributed by atoms with E-state index in [1.54, 1.807) is 12.1 Å². The van der Waals surface area contributed by atoms with Crippen molar-refractivity contribution in [2.45, 2.75) is 13.0 Å². The summed E-state index contributed by atoms with van der Waals surface area (Å²) >= 11 is 5.93. The summed E-state index contributed by atoms with van der Waals surface area (Å²) in [4.78, 5) is 0. The van der Waals surface area contributed by atoms with Gasteiger partial charge in [0.15, 0.2) is 0 Å². The molecule has 21 heavy (non-hydrogen) atoms. The molecule has 0 aromatic heterocycles. The lowest BCUT2D eigenvalue weighted by molar-refractivity contribution is 0.475. The summed E-state index contributed by atoms with van der Waals surface area (Å²) in [6.07, 6.45) is 0. The predicted octanol–water partition coefficient (Wildman–Crippen LogP) is 5.37. The van der Waals surface area contributed by atoms with Crippen molar-refractivity contribution in [1.82, 2.24) is 0 Å². The molecule has 0 aliphatic carbocycles. The van der Waals surface area contributed by atoms with Gasteiger partial charge < -0.3 is 10.4 Å².